The van der Waals surface area contributed by atoms with Crippen LogP contribution in [0, 0.1) is 23.2 Å². The predicted molar refractivity (Wildman–Crippen MR) is 119 cm³/mol. The highest BCUT2D eigenvalue weighted by Gasteiger charge is 2.57. The Morgan fingerprint density at radius 2 is 1.69 bits per heavy atom. The summed E-state index contributed by atoms with van der Waals surface area (Å²) in [4.78, 5) is 41.0. The average Bonchev–Trinajstić information content (AvgIpc) is 3.26. The summed E-state index contributed by atoms with van der Waals surface area (Å²) in [7, 11) is 0. The van der Waals surface area contributed by atoms with Crippen LogP contribution in [0.4, 0.5) is 0 Å². The van der Waals surface area contributed by atoms with E-state index < -0.39 is 18.1 Å². The molecule has 6 rings (SSSR count). The number of esters is 1. The molecule has 6 nitrogen and oxygen atoms in total. The molecule has 4 bridgehead atoms. The highest BCUT2D eigenvalue weighted by Crippen LogP contribution is 2.60. The third-order valence-electron chi connectivity index (χ3n) is 8.25. The molecule has 1 aromatic rings. The molecule has 0 unspecified atom stereocenters. The smallest absolute Gasteiger partial charge is 0.329 e. The van der Waals surface area contributed by atoms with Gasteiger partial charge in [0, 0.05) is 13.1 Å². The van der Waals surface area contributed by atoms with Crippen molar-refractivity contribution in [1.29, 1.82) is 0 Å². The van der Waals surface area contributed by atoms with E-state index >= 15 is 0 Å². The van der Waals surface area contributed by atoms with E-state index in [1.54, 1.807) is 11.8 Å². The lowest BCUT2D eigenvalue weighted by molar-refractivity contribution is -0.168. The number of nitrogens with zero attached hydrogens (tertiary/aromatic N) is 1. The largest absolute Gasteiger partial charge is 0.451 e. The third kappa shape index (κ3) is 4.04. The maximum Gasteiger partial charge on any atom is 0.329 e. The van der Waals surface area contributed by atoms with Gasteiger partial charge in [0.05, 0.1) is 5.41 Å². The monoisotopic (exact) mass is 438 g/mol. The second-order valence-corrected chi connectivity index (χ2v) is 10.6. The van der Waals surface area contributed by atoms with E-state index in [1.807, 2.05) is 30.3 Å². The first-order valence-electron chi connectivity index (χ1n) is 12.3. The van der Waals surface area contributed by atoms with Gasteiger partial charge < -0.3 is 15.0 Å². The summed E-state index contributed by atoms with van der Waals surface area (Å²) in [5.41, 5.74) is 0.735. The second-order valence-electron chi connectivity index (χ2n) is 10.6. The van der Waals surface area contributed by atoms with E-state index in [4.69, 9.17) is 4.74 Å². The molecule has 172 valence electrons. The lowest BCUT2D eigenvalue weighted by atomic mass is 9.49. The molecule has 1 heterocycles. The summed E-state index contributed by atoms with van der Waals surface area (Å²) >= 11 is 0. The minimum Gasteiger partial charge on any atom is -0.451 e. The molecule has 5 fully saturated rings. The Balaban J connectivity index is 1.19. The fourth-order valence-electron chi connectivity index (χ4n) is 7.17. The van der Waals surface area contributed by atoms with Gasteiger partial charge in [-0.25, -0.2) is 4.79 Å². The van der Waals surface area contributed by atoms with Crippen molar-refractivity contribution in [3.8, 4) is 0 Å². The molecule has 1 saturated heterocycles. The summed E-state index contributed by atoms with van der Waals surface area (Å²) in [5, 5.41) is 2.82. The van der Waals surface area contributed by atoms with E-state index in [2.05, 4.69) is 5.32 Å². The van der Waals surface area contributed by atoms with Gasteiger partial charge in [-0.3, -0.25) is 9.59 Å². The number of carbonyl (C=O) groups is 3. The number of benzene rings is 1. The SMILES string of the molecule is C[C@H](OC(=O)[C@H]1CCCN1C(=O)C12CC3CC(CC(C3)C1)C2)C(=O)NCc1ccccc1. The topological polar surface area (TPSA) is 75.7 Å². The number of rotatable bonds is 6. The average molecular weight is 439 g/mol. The molecule has 1 N–H and O–H groups in total. The first-order valence-corrected chi connectivity index (χ1v) is 12.3. The molecule has 2 amide bonds. The number of likely N-dealkylation sites (tertiary alicyclic amines) is 1. The zero-order valence-electron chi connectivity index (χ0n) is 18.9. The molecule has 6 heteroatoms. The van der Waals surface area contributed by atoms with Gasteiger partial charge in [0.1, 0.15) is 6.04 Å². The molecule has 1 aliphatic heterocycles. The van der Waals surface area contributed by atoms with Crippen molar-refractivity contribution in [1.82, 2.24) is 10.2 Å². The van der Waals surface area contributed by atoms with Crippen LogP contribution in [0.3, 0.4) is 0 Å². The standard InChI is InChI=1S/C26H34N2O4/c1-17(23(29)27-16-18-6-3-2-4-7-18)32-24(30)22-8-5-9-28(22)25(31)26-13-19-10-20(14-26)12-21(11-19)15-26/h2-4,6-7,17,19-22H,5,8-16H2,1H3,(H,27,29)/t17-,19?,20?,21?,22+,26?/m0/s1. The third-order valence-corrected chi connectivity index (χ3v) is 8.25. The van der Waals surface area contributed by atoms with Crippen LogP contribution in [-0.2, 0) is 25.7 Å². The normalized spacial score (nSPS) is 33.7. The molecule has 4 saturated carbocycles. The second kappa shape index (κ2) is 8.53. The van der Waals surface area contributed by atoms with Crippen molar-refractivity contribution in [2.24, 2.45) is 23.2 Å². The molecular weight excluding hydrogens is 404 g/mol. The first-order chi connectivity index (χ1) is 15.4. The molecule has 2 atom stereocenters. The summed E-state index contributed by atoms with van der Waals surface area (Å²) in [6.45, 7) is 2.61. The molecule has 0 aromatic heterocycles. The van der Waals surface area contributed by atoms with Crippen LogP contribution in [0.5, 0.6) is 0 Å². The van der Waals surface area contributed by atoms with Crippen LogP contribution in [0.25, 0.3) is 0 Å². The van der Waals surface area contributed by atoms with Gasteiger partial charge >= 0.3 is 5.97 Å². The molecule has 5 aliphatic rings. The fraction of sp³-hybridized carbons (Fsp3) is 0.654. The van der Waals surface area contributed by atoms with E-state index in [-0.39, 0.29) is 17.2 Å². The lowest BCUT2D eigenvalue weighted by Gasteiger charge is -2.56. The van der Waals surface area contributed by atoms with E-state index in [1.165, 1.54) is 19.3 Å². The van der Waals surface area contributed by atoms with Gasteiger partial charge in [0.2, 0.25) is 5.91 Å². The Morgan fingerprint density at radius 1 is 1.06 bits per heavy atom. The van der Waals surface area contributed by atoms with Gasteiger partial charge in [-0.05, 0) is 81.6 Å². The Labute approximate surface area is 190 Å². The molecular formula is C26H34N2O4. The molecule has 32 heavy (non-hydrogen) atoms. The molecule has 0 radical (unpaired) electrons. The summed E-state index contributed by atoms with van der Waals surface area (Å²) in [5.74, 6) is 1.48. The molecule has 4 aliphatic carbocycles. The predicted octanol–water partition coefficient (Wildman–Crippen LogP) is 3.44. The van der Waals surface area contributed by atoms with Crippen molar-refractivity contribution in [3.05, 3.63) is 35.9 Å². The van der Waals surface area contributed by atoms with E-state index in [0.29, 0.717) is 37.3 Å². The van der Waals surface area contributed by atoms with Gasteiger partial charge in [-0.1, -0.05) is 30.3 Å². The Bertz CT molecular complexity index is 848. The Kier molecular flexibility index (Phi) is 5.72. The summed E-state index contributed by atoms with van der Waals surface area (Å²) < 4.78 is 5.54. The number of nitrogens with one attached hydrogen (secondary N) is 1. The minimum absolute atomic E-state index is 0.178. The Morgan fingerprint density at radius 3 is 2.31 bits per heavy atom. The van der Waals surface area contributed by atoms with Crippen LogP contribution >= 0.6 is 0 Å². The zero-order valence-corrected chi connectivity index (χ0v) is 18.9. The lowest BCUT2D eigenvalue weighted by Crippen LogP contribution is -2.56. The van der Waals surface area contributed by atoms with Gasteiger partial charge in [0.25, 0.3) is 5.91 Å². The maximum absolute atomic E-state index is 13.7. The van der Waals surface area contributed by atoms with Crippen molar-refractivity contribution >= 4 is 17.8 Å². The number of amides is 2. The van der Waals surface area contributed by atoms with Crippen molar-refractivity contribution in [3.63, 3.8) is 0 Å². The molecule has 0 spiro atoms. The zero-order chi connectivity index (χ0) is 22.3. The van der Waals surface area contributed by atoms with Crippen LogP contribution in [0.1, 0.15) is 63.9 Å². The fourth-order valence-corrected chi connectivity index (χ4v) is 7.17. The van der Waals surface area contributed by atoms with E-state index in [9.17, 15) is 14.4 Å². The number of hydrogen-bond acceptors (Lipinski definition) is 4. The van der Waals surface area contributed by atoms with Gasteiger partial charge in [-0.15, -0.1) is 0 Å². The quantitative estimate of drug-likeness (QED) is 0.691. The number of ether oxygens (including phenoxy) is 1. The summed E-state index contributed by atoms with van der Waals surface area (Å²) in [6.07, 6.45) is 7.39. The van der Waals surface area contributed by atoms with Crippen LogP contribution < -0.4 is 5.32 Å². The minimum atomic E-state index is -0.886. The summed E-state index contributed by atoms with van der Waals surface area (Å²) in [6, 6.07) is 9.07. The van der Waals surface area contributed by atoms with E-state index in [0.717, 1.165) is 31.2 Å². The van der Waals surface area contributed by atoms with Crippen LogP contribution in [-0.4, -0.2) is 41.4 Å². The Hall–Kier alpha value is -2.37. The van der Waals surface area contributed by atoms with Gasteiger partial charge in [-0.2, -0.15) is 0 Å². The number of hydrogen-bond donors (Lipinski definition) is 1. The highest BCUT2D eigenvalue weighted by molar-refractivity contribution is 5.90. The van der Waals surface area contributed by atoms with Gasteiger partial charge in [0.15, 0.2) is 6.10 Å². The maximum atomic E-state index is 13.7. The molecule has 1 aromatic carbocycles. The van der Waals surface area contributed by atoms with Crippen molar-refractivity contribution in [2.75, 3.05) is 6.54 Å². The first kappa shape index (κ1) is 21.5. The van der Waals surface area contributed by atoms with Crippen LogP contribution in [0.15, 0.2) is 30.3 Å². The van der Waals surface area contributed by atoms with Crippen molar-refractivity contribution < 1.29 is 19.1 Å². The highest BCUT2D eigenvalue weighted by atomic mass is 16.5. The van der Waals surface area contributed by atoms with Crippen molar-refractivity contribution in [2.45, 2.75) is 77.0 Å². The van der Waals surface area contributed by atoms with Crippen LogP contribution in [0.2, 0.25) is 0 Å². The number of carbonyl (C=O) groups excluding carboxylic acids is 3.